The SMILES string of the molecule is CCOC(=O)c1cc(-c2cccnc2)nn1C.Cn1nc(-c2cccnc2)cc1C(=O)O. The van der Waals surface area contributed by atoms with Gasteiger partial charge in [0.25, 0.3) is 0 Å². The van der Waals surface area contributed by atoms with E-state index in [0.717, 1.165) is 11.1 Å². The van der Waals surface area contributed by atoms with Crippen molar-refractivity contribution < 1.29 is 19.4 Å². The van der Waals surface area contributed by atoms with E-state index in [2.05, 4.69) is 20.2 Å². The number of esters is 1. The molecule has 0 radical (unpaired) electrons. The van der Waals surface area contributed by atoms with Gasteiger partial charge in [-0.05, 0) is 43.3 Å². The van der Waals surface area contributed by atoms with E-state index in [-0.39, 0.29) is 11.7 Å². The Kier molecular flexibility index (Phi) is 7.06. The first-order chi connectivity index (χ1) is 15.4. The van der Waals surface area contributed by atoms with Crippen LogP contribution in [0.5, 0.6) is 0 Å². The van der Waals surface area contributed by atoms with Crippen LogP contribution in [0.1, 0.15) is 27.9 Å². The molecule has 0 bridgehead atoms. The first-order valence-electron chi connectivity index (χ1n) is 9.70. The highest BCUT2D eigenvalue weighted by molar-refractivity contribution is 5.89. The Labute approximate surface area is 184 Å². The lowest BCUT2D eigenvalue weighted by Crippen LogP contribution is -2.10. The Hall–Kier alpha value is -4.34. The number of aryl methyl sites for hydroxylation is 2. The van der Waals surface area contributed by atoms with E-state index in [9.17, 15) is 9.59 Å². The van der Waals surface area contributed by atoms with Crippen molar-refractivity contribution in [2.45, 2.75) is 6.92 Å². The van der Waals surface area contributed by atoms with Crippen molar-refractivity contribution in [3.8, 4) is 22.5 Å². The summed E-state index contributed by atoms with van der Waals surface area (Å²) in [5.41, 5.74) is 3.60. The van der Waals surface area contributed by atoms with Crippen LogP contribution < -0.4 is 0 Å². The summed E-state index contributed by atoms with van der Waals surface area (Å²) in [7, 11) is 3.31. The lowest BCUT2D eigenvalue weighted by Gasteiger charge is -1.99. The minimum atomic E-state index is -0.986. The molecule has 0 aliphatic carbocycles. The maximum atomic E-state index is 11.6. The Morgan fingerprint density at radius 2 is 1.41 bits per heavy atom. The van der Waals surface area contributed by atoms with Crippen molar-refractivity contribution in [2.24, 2.45) is 14.1 Å². The van der Waals surface area contributed by atoms with Gasteiger partial charge in [0.2, 0.25) is 0 Å². The van der Waals surface area contributed by atoms with Crippen LogP contribution in [0.4, 0.5) is 0 Å². The summed E-state index contributed by atoms with van der Waals surface area (Å²) < 4.78 is 7.79. The predicted molar refractivity (Wildman–Crippen MR) is 116 cm³/mol. The largest absolute Gasteiger partial charge is 0.477 e. The van der Waals surface area contributed by atoms with E-state index in [4.69, 9.17) is 9.84 Å². The van der Waals surface area contributed by atoms with Crippen LogP contribution in [-0.2, 0) is 18.8 Å². The molecule has 0 aromatic carbocycles. The summed E-state index contributed by atoms with van der Waals surface area (Å²) in [6.07, 6.45) is 6.70. The van der Waals surface area contributed by atoms with Gasteiger partial charge in [0, 0.05) is 50.0 Å². The highest BCUT2D eigenvalue weighted by Gasteiger charge is 2.15. The van der Waals surface area contributed by atoms with E-state index >= 15 is 0 Å². The molecule has 0 spiro atoms. The van der Waals surface area contributed by atoms with E-state index in [1.165, 1.54) is 15.4 Å². The van der Waals surface area contributed by atoms with E-state index in [1.807, 2.05) is 18.2 Å². The zero-order valence-electron chi connectivity index (χ0n) is 17.8. The molecular formula is C22H22N6O4. The van der Waals surface area contributed by atoms with E-state index in [0.29, 0.717) is 23.7 Å². The Morgan fingerprint density at radius 1 is 0.906 bits per heavy atom. The van der Waals surface area contributed by atoms with Crippen molar-refractivity contribution >= 4 is 11.9 Å². The number of ether oxygens (including phenoxy) is 1. The zero-order valence-corrected chi connectivity index (χ0v) is 17.8. The van der Waals surface area contributed by atoms with Gasteiger partial charge in [0.05, 0.1) is 18.0 Å². The van der Waals surface area contributed by atoms with Crippen molar-refractivity contribution in [1.29, 1.82) is 0 Å². The minimum absolute atomic E-state index is 0.161. The summed E-state index contributed by atoms with van der Waals surface area (Å²) in [4.78, 5) is 30.4. The van der Waals surface area contributed by atoms with Gasteiger partial charge in [0.1, 0.15) is 11.4 Å². The topological polar surface area (TPSA) is 125 Å². The van der Waals surface area contributed by atoms with Gasteiger partial charge in [-0.2, -0.15) is 10.2 Å². The number of carboxylic acid groups (broad SMARTS) is 1. The molecule has 4 rings (SSSR count). The minimum Gasteiger partial charge on any atom is -0.477 e. The van der Waals surface area contributed by atoms with Crippen molar-refractivity contribution in [3.05, 3.63) is 72.6 Å². The fourth-order valence-electron chi connectivity index (χ4n) is 2.84. The fourth-order valence-corrected chi connectivity index (χ4v) is 2.84. The average molecular weight is 434 g/mol. The molecule has 0 saturated heterocycles. The lowest BCUT2D eigenvalue weighted by atomic mass is 10.2. The van der Waals surface area contributed by atoms with Crippen LogP contribution in [0.2, 0.25) is 0 Å². The quantitative estimate of drug-likeness (QED) is 0.475. The van der Waals surface area contributed by atoms with Gasteiger partial charge in [-0.3, -0.25) is 19.3 Å². The van der Waals surface area contributed by atoms with Crippen LogP contribution in [0, 0.1) is 0 Å². The van der Waals surface area contributed by atoms with Gasteiger partial charge >= 0.3 is 11.9 Å². The molecule has 0 unspecified atom stereocenters. The number of aromatic carboxylic acids is 1. The second kappa shape index (κ2) is 10.1. The summed E-state index contributed by atoms with van der Waals surface area (Å²) in [5.74, 6) is -1.35. The van der Waals surface area contributed by atoms with Crippen LogP contribution in [-0.4, -0.2) is 53.2 Å². The van der Waals surface area contributed by atoms with Crippen LogP contribution >= 0.6 is 0 Å². The fraction of sp³-hybridized carbons (Fsp3) is 0.182. The predicted octanol–water partition coefficient (Wildman–Crippen LogP) is 2.84. The van der Waals surface area contributed by atoms with Gasteiger partial charge in [-0.15, -0.1) is 0 Å². The highest BCUT2D eigenvalue weighted by atomic mass is 16.5. The van der Waals surface area contributed by atoms with Crippen molar-refractivity contribution in [1.82, 2.24) is 29.5 Å². The summed E-state index contributed by atoms with van der Waals surface area (Å²) >= 11 is 0. The van der Waals surface area contributed by atoms with Gasteiger partial charge in [-0.25, -0.2) is 9.59 Å². The molecule has 0 amide bonds. The molecule has 0 atom stereocenters. The van der Waals surface area contributed by atoms with Crippen LogP contribution in [0.25, 0.3) is 22.5 Å². The molecule has 32 heavy (non-hydrogen) atoms. The maximum absolute atomic E-state index is 11.6. The number of hydrogen-bond acceptors (Lipinski definition) is 7. The van der Waals surface area contributed by atoms with Gasteiger partial charge < -0.3 is 9.84 Å². The van der Waals surface area contributed by atoms with Gasteiger partial charge in [0.15, 0.2) is 0 Å². The first kappa shape index (κ1) is 22.3. The number of carbonyl (C=O) groups is 2. The molecule has 0 aliphatic rings. The number of rotatable bonds is 5. The molecule has 10 heteroatoms. The number of carbonyl (C=O) groups excluding carboxylic acids is 1. The van der Waals surface area contributed by atoms with Crippen molar-refractivity contribution in [2.75, 3.05) is 6.61 Å². The number of pyridine rings is 2. The second-order valence-corrected chi connectivity index (χ2v) is 6.59. The Bertz CT molecular complexity index is 1200. The van der Waals surface area contributed by atoms with Crippen LogP contribution in [0.3, 0.4) is 0 Å². The number of aromatic nitrogens is 6. The molecule has 1 N–H and O–H groups in total. The van der Waals surface area contributed by atoms with E-state index in [1.54, 1.807) is 57.9 Å². The smallest absolute Gasteiger partial charge is 0.356 e. The third-order valence-corrected chi connectivity index (χ3v) is 4.38. The zero-order chi connectivity index (χ0) is 23.1. The van der Waals surface area contributed by atoms with Crippen LogP contribution in [0.15, 0.2) is 61.2 Å². The highest BCUT2D eigenvalue weighted by Crippen LogP contribution is 2.18. The molecular weight excluding hydrogens is 412 g/mol. The molecule has 10 nitrogen and oxygen atoms in total. The third kappa shape index (κ3) is 5.22. The number of hydrogen-bond donors (Lipinski definition) is 1. The molecule has 0 fully saturated rings. The standard InChI is InChI=1S/C12H13N3O2.C10H9N3O2/c1-3-17-12(16)11-7-10(14-15(11)2)9-5-4-6-13-8-9;1-13-9(10(14)15)5-8(12-13)7-3-2-4-11-6-7/h4-8H,3H2,1-2H3;2-6H,1H3,(H,14,15). The summed E-state index contributed by atoms with van der Waals surface area (Å²) in [5, 5.41) is 17.2. The number of carboxylic acids is 1. The number of nitrogens with zero attached hydrogens (tertiary/aromatic N) is 6. The summed E-state index contributed by atoms with van der Waals surface area (Å²) in [6, 6.07) is 10.6. The van der Waals surface area contributed by atoms with Gasteiger partial charge in [-0.1, -0.05) is 0 Å². The molecule has 4 aromatic rings. The molecule has 0 aliphatic heterocycles. The Balaban J connectivity index is 0.000000182. The summed E-state index contributed by atoms with van der Waals surface area (Å²) in [6.45, 7) is 2.13. The average Bonchev–Trinajstić information content (AvgIpc) is 3.39. The van der Waals surface area contributed by atoms with Crippen molar-refractivity contribution in [3.63, 3.8) is 0 Å². The molecule has 0 saturated carbocycles. The molecule has 4 aromatic heterocycles. The maximum Gasteiger partial charge on any atom is 0.356 e. The third-order valence-electron chi connectivity index (χ3n) is 4.38. The molecule has 4 heterocycles. The lowest BCUT2D eigenvalue weighted by molar-refractivity contribution is 0.0513. The normalized spacial score (nSPS) is 10.2. The monoisotopic (exact) mass is 434 g/mol. The first-order valence-corrected chi connectivity index (χ1v) is 9.70. The Morgan fingerprint density at radius 3 is 1.81 bits per heavy atom. The second-order valence-electron chi connectivity index (χ2n) is 6.59. The molecule has 164 valence electrons. The van der Waals surface area contributed by atoms with E-state index < -0.39 is 5.97 Å².